The summed E-state index contributed by atoms with van der Waals surface area (Å²) in [6, 6.07) is 17.7. The van der Waals surface area contributed by atoms with E-state index >= 15 is 0 Å². The summed E-state index contributed by atoms with van der Waals surface area (Å²) in [6.07, 6.45) is 1.94. The average molecular weight is 568 g/mol. The van der Waals surface area contributed by atoms with Gasteiger partial charge in [0.1, 0.15) is 19.2 Å². The number of benzene rings is 2. The van der Waals surface area contributed by atoms with E-state index < -0.39 is 38.1 Å². The van der Waals surface area contributed by atoms with Crippen LogP contribution in [0.3, 0.4) is 0 Å². The van der Waals surface area contributed by atoms with Crippen molar-refractivity contribution in [3.63, 3.8) is 0 Å². The first-order valence-electron chi connectivity index (χ1n) is 13.7. The van der Waals surface area contributed by atoms with Crippen molar-refractivity contribution in [3.05, 3.63) is 71.8 Å². The highest BCUT2D eigenvalue weighted by Gasteiger charge is 2.72. The average Bonchev–Trinajstić information content (AvgIpc) is 3.55. The van der Waals surface area contributed by atoms with Crippen LogP contribution in [0.1, 0.15) is 44.2 Å². The Kier molecular flexibility index (Phi) is 7.92. The summed E-state index contributed by atoms with van der Waals surface area (Å²) >= 11 is 0. The van der Waals surface area contributed by atoms with Crippen LogP contribution < -0.4 is 0 Å². The molecule has 5 rings (SSSR count). The van der Waals surface area contributed by atoms with Crippen molar-refractivity contribution in [1.29, 1.82) is 0 Å². The molecular weight excluding hydrogens is 530 g/mol. The van der Waals surface area contributed by atoms with Gasteiger partial charge in [0.15, 0.2) is 0 Å². The predicted molar refractivity (Wildman–Crippen MR) is 152 cm³/mol. The van der Waals surface area contributed by atoms with Gasteiger partial charge in [-0.15, -0.1) is 10.0 Å². The molecule has 9 nitrogen and oxygen atoms in total. The molecule has 2 aromatic rings. The SMILES string of the molecule is CC1(C)[C@H](C(=O)OCc2ccccc2)N2C(=O)C[C@H]2[S@@]1(CO)C(=O)N(CC(=O)N1CCCC1)Cc1ccccc1. The first-order chi connectivity index (χ1) is 19.2. The summed E-state index contributed by atoms with van der Waals surface area (Å²) in [4.78, 5) is 59.1. The second-order valence-electron chi connectivity index (χ2n) is 11.2. The van der Waals surface area contributed by atoms with E-state index in [1.54, 1.807) is 18.7 Å². The van der Waals surface area contributed by atoms with Gasteiger partial charge in [-0.3, -0.25) is 14.4 Å². The minimum atomic E-state index is -2.72. The van der Waals surface area contributed by atoms with Crippen LogP contribution in [0.2, 0.25) is 0 Å². The van der Waals surface area contributed by atoms with E-state index in [1.165, 1.54) is 9.80 Å². The number of fused-ring (bicyclic) bond motifs is 1. The van der Waals surface area contributed by atoms with Crippen molar-refractivity contribution < 1.29 is 29.0 Å². The number of carbonyl (C=O) groups excluding carboxylic acids is 4. The molecule has 2 aromatic carbocycles. The molecule has 0 aromatic heterocycles. The lowest BCUT2D eigenvalue weighted by atomic mass is 9.98. The standard InChI is InChI=1S/C30H37N3O6S/c1-30(2)27(28(37)39-20-23-13-7-4-8-14-23)33-24(35)17-26(33)40(30,21-34)29(38)32(18-22-11-5-3-6-12-22)19-25(36)31-15-9-10-16-31/h3-8,11-14,26-27,34H,9-10,15-21H2,1-2H3/t26-,27+/m1/s1. The van der Waals surface area contributed by atoms with Crippen LogP contribution in [0.4, 0.5) is 4.79 Å². The van der Waals surface area contributed by atoms with Gasteiger partial charge in [-0.2, -0.15) is 0 Å². The molecule has 0 unspecified atom stereocenters. The van der Waals surface area contributed by atoms with Crippen LogP contribution in [0.5, 0.6) is 0 Å². The van der Waals surface area contributed by atoms with E-state index in [-0.39, 0.29) is 43.2 Å². The van der Waals surface area contributed by atoms with Crippen molar-refractivity contribution >= 4 is 33.1 Å². The molecule has 0 radical (unpaired) electrons. The van der Waals surface area contributed by atoms with Crippen LogP contribution in [0.15, 0.2) is 60.7 Å². The van der Waals surface area contributed by atoms with Crippen molar-refractivity contribution in [1.82, 2.24) is 14.7 Å². The van der Waals surface area contributed by atoms with Gasteiger partial charge in [0.25, 0.3) is 5.24 Å². The molecule has 214 valence electrons. The molecule has 3 aliphatic heterocycles. The van der Waals surface area contributed by atoms with Crippen LogP contribution in [0, 0.1) is 0 Å². The first kappa shape index (κ1) is 28.2. The minimum absolute atomic E-state index is 0.0405. The lowest BCUT2D eigenvalue weighted by Crippen LogP contribution is -2.57. The Morgan fingerprint density at radius 1 is 1.00 bits per heavy atom. The number of carbonyl (C=O) groups is 4. The maximum absolute atomic E-state index is 14.7. The molecule has 3 saturated heterocycles. The molecule has 3 atom stereocenters. The molecule has 3 heterocycles. The van der Waals surface area contributed by atoms with Crippen molar-refractivity contribution in [3.8, 4) is 0 Å². The van der Waals surface area contributed by atoms with Gasteiger partial charge < -0.3 is 24.5 Å². The zero-order valence-corrected chi connectivity index (χ0v) is 23.8. The molecule has 0 bridgehead atoms. The summed E-state index contributed by atoms with van der Waals surface area (Å²) in [5.74, 6) is -1.45. The minimum Gasteiger partial charge on any atom is -0.459 e. The number of β-lactam (4-membered cyclic amide) rings is 1. The van der Waals surface area contributed by atoms with Crippen LogP contribution in [-0.2, 0) is 32.3 Å². The van der Waals surface area contributed by atoms with Crippen molar-refractivity contribution in [2.75, 3.05) is 25.6 Å². The highest BCUT2D eigenvalue weighted by molar-refractivity contribution is 8.46. The highest BCUT2D eigenvalue weighted by Crippen LogP contribution is 2.74. The van der Waals surface area contributed by atoms with Crippen molar-refractivity contribution in [2.24, 2.45) is 0 Å². The number of hydrogen-bond donors (Lipinski definition) is 1. The zero-order chi connectivity index (χ0) is 28.5. The number of rotatable bonds is 8. The third-order valence-corrected chi connectivity index (χ3v) is 13.2. The Morgan fingerprint density at radius 2 is 1.60 bits per heavy atom. The van der Waals surface area contributed by atoms with E-state index in [9.17, 15) is 24.3 Å². The number of ether oxygens (including phenoxy) is 1. The summed E-state index contributed by atoms with van der Waals surface area (Å²) in [5.41, 5.74) is 1.66. The largest absolute Gasteiger partial charge is 0.459 e. The Bertz CT molecular complexity index is 1270. The lowest BCUT2D eigenvalue weighted by molar-refractivity contribution is -0.162. The topological polar surface area (TPSA) is 107 Å². The Hall–Kier alpha value is -3.37. The number of esters is 1. The van der Waals surface area contributed by atoms with E-state index in [0.29, 0.717) is 13.1 Å². The van der Waals surface area contributed by atoms with E-state index in [2.05, 4.69) is 0 Å². The zero-order valence-electron chi connectivity index (χ0n) is 23.0. The predicted octanol–water partition coefficient (Wildman–Crippen LogP) is 3.45. The number of nitrogens with zero attached hydrogens (tertiary/aromatic N) is 3. The van der Waals surface area contributed by atoms with Crippen molar-refractivity contribution in [2.45, 2.75) is 62.4 Å². The molecule has 0 saturated carbocycles. The van der Waals surface area contributed by atoms with Crippen LogP contribution in [-0.4, -0.2) is 84.6 Å². The first-order valence-corrected chi connectivity index (χ1v) is 15.6. The second-order valence-corrected chi connectivity index (χ2v) is 15.0. The fourth-order valence-corrected chi connectivity index (χ4v) is 10.5. The molecule has 0 spiro atoms. The molecular formula is C30H37N3O6S. The number of hydrogen-bond acceptors (Lipinski definition) is 6. The summed E-state index contributed by atoms with van der Waals surface area (Å²) < 4.78 is 4.58. The monoisotopic (exact) mass is 567 g/mol. The van der Waals surface area contributed by atoms with Gasteiger partial charge in [0.05, 0.1) is 17.7 Å². The molecule has 3 aliphatic rings. The Labute approximate surface area is 236 Å². The second kappa shape index (κ2) is 11.2. The van der Waals surface area contributed by atoms with Gasteiger partial charge in [0.2, 0.25) is 11.8 Å². The highest BCUT2D eigenvalue weighted by atomic mass is 32.3. The molecule has 10 heteroatoms. The number of aliphatic hydroxyl groups is 1. The normalized spacial score (nSPS) is 24.8. The molecule has 1 N–H and O–H groups in total. The van der Waals surface area contributed by atoms with Gasteiger partial charge in [0, 0.05) is 24.4 Å². The van der Waals surface area contributed by atoms with Crippen LogP contribution >= 0.6 is 10.0 Å². The molecule has 40 heavy (non-hydrogen) atoms. The molecule has 0 aliphatic carbocycles. The van der Waals surface area contributed by atoms with Crippen LogP contribution in [0.25, 0.3) is 0 Å². The van der Waals surface area contributed by atoms with Gasteiger partial charge >= 0.3 is 5.97 Å². The number of aliphatic hydroxyl groups excluding tert-OH is 1. The summed E-state index contributed by atoms with van der Waals surface area (Å²) in [6.45, 7) is 4.99. The van der Waals surface area contributed by atoms with E-state index in [1.807, 2.05) is 60.7 Å². The lowest BCUT2D eigenvalue weighted by Gasteiger charge is -2.51. The fourth-order valence-electron chi connectivity index (χ4n) is 6.24. The summed E-state index contributed by atoms with van der Waals surface area (Å²) in [5, 5.41) is 10.1. The fraction of sp³-hybridized carbons (Fsp3) is 0.467. The maximum Gasteiger partial charge on any atom is 0.330 e. The third kappa shape index (κ3) is 4.77. The van der Waals surface area contributed by atoms with Gasteiger partial charge in [-0.25, -0.2) is 4.79 Å². The van der Waals surface area contributed by atoms with Gasteiger partial charge in [-0.1, -0.05) is 60.7 Å². The smallest absolute Gasteiger partial charge is 0.330 e. The Balaban J connectivity index is 1.46. The summed E-state index contributed by atoms with van der Waals surface area (Å²) in [7, 11) is -2.72. The Morgan fingerprint density at radius 3 is 2.17 bits per heavy atom. The van der Waals surface area contributed by atoms with E-state index in [4.69, 9.17) is 4.74 Å². The maximum atomic E-state index is 14.7. The number of likely N-dealkylation sites (tertiary alicyclic amines) is 1. The number of amides is 3. The molecule has 3 amide bonds. The van der Waals surface area contributed by atoms with E-state index in [0.717, 1.165) is 24.0 Å². The molecule has 3 fully saturated rings. The quantitative estimate of drug-likeness (QED) is 0.387. The third-order valence-electron chi connectivity index (χ3n) is 8.51. The van der Waals surface area contributed by atoms with Gasteiger partial charge in [-0.05, 0) is 37.8 Å².